The molecular formula is C23H26N2O4. The maximum atomic E-state index is 13.2. The minimum absolute atomic E-state index is 0.0751. The Labute approximate surface area is 170 Å². The number of carbonyl (C=O) groups excluding carboxylic acids is 2. The van der Waals surface area contributed by atoms with Gasteiger partial charge in [-0.1, -0.05) is 42.5 Å². The van der Waals surface area contributed by atoms with Crippen molar-refractivity contribution in [1.29, 1.82) is 0 Å². The van der Waals surface area contributed by atoms with E-state index >= 15 is 0 Å². The van der Waals surface area contributed by atoms with Crippen molar-refractivity contribution in [3.05, 3.63) is 65.7 Å². The molecular weight excluding hydrogens is 368 g/mol. The van der Waals surface area contributed by atoms with Crippen molar-refractivity contribution in [2.24, 2.45) is 5.92 Å². The molecule has 3 saturated heterocycles. The van der Waals surface area contributed by atoms with Crippen LogP contribution in [-0.2, 0) is 14.3 Å². The highest BCUT2D eigenvalue weighted by molar-refractivity contribution is 5.96. The number of nitrogens with zero attached hydrogens (tertiary/aromatic N) is 1. The van der Waals surface area contributed by atoms with Crippen LogP contribution in [0.1, 0.15) is 34.8 Å². The summed E-state index contributed by atoms with van der Waals surface area (Å²) in [6, 6.07) is 15.8. The number of fused-ring (bicyclic) bond motifs is 3. The predicted molar refractivity (Wildman–Crippen MR) is 110 cm³/mol. The first kappa shape index (κ1) is 19.5. The molecule has 0 aliphatic carbocycles. The summed E-state index contributed by atoms with van der Waals surface area (Å²) in [5.74, 6) is -0.344. The maximum absolute atomic E-state index is 13.2. The standard InChI is InChI=1S/C23H26N2O4/c1-28-22(26)18-9-5-6-10-19(18)24-21(17-7-3-2-4-8-17)23(27)29-20-15-25-13-11-16(20)12-14-25/h2-10,16,20-21,24H,11-15H2,1H3. The Morgan fingerprint density at radius 2 is 1.72 bits per heavy atom. The molecule has 5 rings (SSSR count). The number of anilines is 1. The van der Waals surface area contributed by atoms with E-state index in [1.807, 2.05) is 36.4 Å². The summed E-state index contributed by atoms with van der Waals surface area (Å²) < 4.78 is 10.9. The third-order valence-corrected chi connectivity index (χ3v) is 5.86. The van der Waals surface area contributed by atoms with Crippen molar-refractivity contribution < 1.29 is 19.1 Å². The Hall–Kier alpha value is -2.86. The predicted octanol–water partition coefficient (Wildman–Crippen LogP) is 3.26. The quantitative estimate of drug-likeness (QED) is 0.759. The van der Waals surface area contributed by atoms with Crippen LogP contribution in [0.15, 0.2) is 54.6 Å². The molecule has 0 amide bonds. The molecule has 3 aliphatic heterocycles. The van der Waals surface area contributed by atoms with Crippen LogP contribution in [0.3, 0.4) is 0 Å². The number of para-hydroxylation sites is 1. The number of hydrogen-bond acceptors (Lipinski definition) is 6. The highest BCUT2D eigenvalue weighted by atomic mass is 16.5. The Kier molecular flexibility index (Phi) is 5.81. The lowest BCUT2D eigenvalue weighted by molar-refractivity contribution is -0.159. The molecule has 2 bridgehead atoms. The highest BCUT2D eigenvalue weighted by Crippen LogP contribution is 2.31. The van der Waals surface area contributed by atoms with E-state index < -0.39 is 12.0 Å². The van der Waals surface area contributed by atoms with E-state index in [-0.39, 0.29) is 12.1 Å². The molecule has 1 N–H and O–H groups in total. The first-order chi connectivity index (χ1) is 14.2. The van der Waals surface area contributed by atoms with Crippen molar-refractivity contribution in [1.82, 2.24) is 4.90 Å². The SMILES string of the molecule is COC(=O)c1ccccc1NC(C(=O)OC1CN2CCC1CC2)c1ccccc1. The first-order valence-electron chi connectivity index (χ1n) is 10.1. The molecule has 0 radical (unpaired) electrons. The van der Waals surface area contributed by atoms with Gasteiger partial charge in [-0.05, 0) is 49.5 Å². The molecule has 3 heterocycles. The largest absolute Gasteiger partial charge is 0.465 e. The molecule has 6 nitrogen and oxygen atoms in total. The van der Waals surface area contributed by atoms with Gasteiger partial charge in [0.1, 0.15) is 6.10 Å². The zero-order valence-corrected chi connectivity index (χ0v) is 16.5. The highest BCUT2D eigenvalue weighted by Gasteiger charge is 2.38. The van der Waals surface area contributed by atoms with Gasteiger partial charge in [0.05, 0.1) is 12.7 Å². The lowest BCUT2D eigenvalue weighted by Gasteiger charge is -2.44. The Morgan fingerprint density at radius 1 is 1.03 bits per heavy atom. The van der Waals surface area contributed by atoms with Crippen LogP contribution in [-0.4, -0.2) is 49.7 Å². The summed E-state index contributed by atoms with van der Waals surface area (Å²) in [4.78, 5) is 27.7. The molecule has 6 heteroatoms. The van der Waals surface area contributed by atoms with Gasteiger partial charge in [-0.2, -0.15) is 0 Å². The van der Waals surface area contributed by atoms with Gasteiger partial charge in [-0.15, -0.1) is 0 Å². The van der Waals surface area contributed by atoms with Gasteiger partial charge >= 0.3 is 11.9 Å². The van der Waals surface area contributed by atoms with E-state index in [0.29, 0.717) is 17.2 Å². The zero-order valence-electron chi connectivity index (χ0n) is 16.5. The van der Waals surface area contributed by atoms with Crippen LogP contribution >= 0.6 is 0 Å². The summed E-state index contributed by atoms with van der Waals surface area (Å²) in [5, 5.41) is 3.22. The second-order valence-corrected chi connectivity index (χ2v) is 7.64. The number of benzene rings is 2. The van der Waals surface area contributed by atoms with E-state index in [0.717, 1.165) is 38.0 Å². The fourth-order valence-corrected chi connectivity index (χ4v) is 4.24. The molecule has 0 aromatic heterocycles. The van der Waals surface area contributed by atoms with Crippen LogP contribution in [0.5, 0.6) is 0 Å². The summed E-state index contributed by atoms with van der Waals surface area (Å²) in [5.41, 5.74) is 1.71. The summed E-state index contributed by atoms with van der Waals surface area (Å²) >= 11 is 0. The van der Waals surface area contributed by atoms with Gasteiger partial charge in [0.25, 0.3) is 0 Å². The van der Waals surface area contributed by atoms with E-state index in [2.05, 4.69) is 10.2 Å². The average Bonchev–Trinajstić information content (AvgIpc) is 2.78. The fourth-order valence-electron chi connectivity index (χ4n) is 4.24. The molecule has 29 heavy (non-hydrogen) atoms. The maximum Gasteiger partial charge on any atom is 0.339 e. The van der Waals surface area contributed by atoms with Gasteiger partial charge in [0.2, 0.25) is 0 Å². The van der Waals surface area contributed by atoms with Gasteiger partial charge in [-0.25, -0.2) is 9.59 Å². The van der Waals surface area contributed by atoms with E-state index in [1.54, 1.807) is 18.2 Å². The lowest BCUT2D eigenvalue weighted by Crippen LogP contribution is -2.52. The molecule has 2 unspecified atom stereocenters. The van der Waals surface area contributed by atoms with Crippen LogP contribution < -0.4 is 5.32 Å². The second-order valence-electron chi connectivity index (χ2n) is 7.64. The monoisotopic (exact) mass is 394 g/mol. The molecule has 0 spiro atoms. The number of ether oxygens (including phenoxy) is 2. The molecule has 2 atom stereocenters. The number of hydrogen-bond donors (Lipinski definition) is 1. The molecule has 2 aromatic carbocycles. The lowest BCUT2D eigenvalue weighted by atomic mass is 9.86. The second kappa shape index (κ2) is 8.66. The number of rotatable bonds is 6. The van der Waals surface area contributed by atoms with Crippen LogP contribution in [0, 0.1) is 5.92 Å². The van der Waals surface area contributed by atoms with Crippen LogP contribution in [0.4, 0.5) is 5.69 Å². The Morgan fingerprint density at radius 3 is 2.38 bits per heavy atom. The molecule has 3 aliphatic rings. The third-order valence-electron chi connectivity index (χ3n) is 5.86. The zero-order chi connectivity index (χ0) is 20.2. The van der Waals surface area contributed by atoms with Crippen molar-refractivity contribution in [2.75, 3.05) is 32.1 Å². The van der Waals surface area contributed by atoms with E-state index in [9.17, 15) is 9.59 Å². The molecule has 2 aromatic rings. The number of methoxy groups -OCH3 is 1. The molecule has 152 valence electrons. The summed E-state index contributed by atoms with van der Waals surface area (Å²) in [6.45, 7) is 2.98. The Balaban J connectivity index is 1.58. The van der Waals surface area contributed by atoms with Crippen molar-refractivity contribution >= 4 is 17.6 Å². The van der Waals surface area contributed by atoms with Crippen LogP contribution in [0.25, 0.3) is 0 Å². The normalized spacial score (nSPS) is 23.8. The third kappa shape index (κ3) is 4.27. The van der Waals surface area contributed by atoms with Crippen molar-refractivity contribution in [2.45, 2.75) is 25.0 Å². The molecule has 3 fully saturated rings. The Bertz CT molecular complexity index is 862. The number of nitrogens with one attached hydrogen (secondary N) is 1. The smallest absolute Gasteiger partial charge is 0.339 e. The van der Waals surface area contributed by atoms with Gasteiger partial charge in [0.15, 0.2) is 6.04 Å². The van der Waals surface area contributed by atoms with Gasteiger partial charge in [0, 0.05) is 12.2 Å². The summed E-state index contributed by atoms with van der Waals surface area (Å²) in [7, 11) is 1.34. The van der Waals surface area contributed by atoms with Gasteiger partial charge in [-0.3, -0.25) is 4.90 Å². The topological polar surface area (TPSA) is 67.9 Å². The minimum Gasteiger partial charge on any atom is -0.465 e. The summed E-state index contributed by atoms with van der Waals surface area (Å²) in [6.07, 6.45) is 2.08. The minimum atomic E-state index is -0.711. The van der Waals surface area contributed by atoms with Crippen LogP contribution in [0.2, 0.25) is 0 Å². The van der Waals surface area contributed by atoms with E-state index in [1.165, 1.54) is 7.11 Å². The number of esters is 2. The van der Waals surface area contributed by atoms with E-state index in [4.69, 9.17) is 9.47 Å². The first-order valence-corrected chi connectivity index (χ1v) is 10.1. The van der Waals surface area contributed by atoms with Gasteiger partial charge < -0.3 is 14.8 Å². The fraction of sp³-hybridized carbons (Fsp3) is 0.391. The number of carbonyl (C=O) groups is 2. The average molecular weight is 394 g/mol. The van der Waals surface area contributed by atoms with Crippen molar-refractivity contribution in [3.63, 3.8) is 0 Å². The number of piperidine rings is 3. The molecule has 0 saturated carbocycles. The van der Waals surface area contributed by atoms with Crippen molar-refractivity contribution in [3.8, 4) is 0 Å².